The summed E-state index contributed by atoms with van der Waals surface area (Å²) in [7, 11) is 1.68. The van der Waals surface area contributed by atoms with Crippen LogP contribution in [0.4, 0.5) is 5.69 Å². The zero-order valence-electron chi connectivity index (χ0n) is 13.0. The molecule has 5 rings (SSSR count). The van der Waals surface area contributed by atoms with Crippen molar-refractivity contribution in [2.75, 3.05) is 12.4 Å². The predicted octanol–water partition coefficient (Wildman–Crippen LogP) is 2.17. The van der Waals surface area contributed by atoms with Gasteiger partial charge in [-0.1, -0.05) is 11.6 Å². The summed E-state index contributed by atoms with van der Waals surface area (Å²) in [5, 5.41) is 17.1. The standard InChI is InChI=1S/C16H20ClN3O3/c1-18-11-7-19-20(14(21)13(11)17)16-5-8-2-9(6-16)4-10(3-8)12(16)15(22)23/h7-10,12,18H,2-6H2,1H3,(H,22,23)/t8-,9-,10?,12-,16?/m1/s1. The fraction of sp³-hybridized carbons (Fsp3) is 0.688. The number of rotatable bonds is 3. The number of anilines is 1. The van der Waals surface area contributed by atoms with Crippen LogP contribution in [-0.4, -0.2) is 27.9 Å². The highest BCUT2D eigenvalue weighted by atomic mass is 35.5. The van der Waals surface area contributed by atoms with E-state index >= 15 is 0 Å². The van der Waals surface area contributed by atoms with E-state index in [2.05, 4.69) is 10.4 Å². The number of hydrogen-bond acceptors (Lipinski definition) is 4. The van der Waals surface area contributed by atoms with Crippen LogP contribution in [0.25, 0.3) is 0 Å². The van der Waals surface area contributed by atoms with Crippen LogP contribution in [0.3, 0.4) is 0 Å². The Labute approximate surface area is 138 Å². The third-order valence-corrected chi connectivity index (χ3v) is 6.51. The third kappa shape index (κ3) is 1.97. The van der Waals surface area contributed by atoms with E-state index in [-0.39, 0.29) is 16.5 Å². The van der Waals surface area contributed by atoms with Crippen molar-refractivity contribution in [3.05, 3.63) is 21.6 Å². The Morgan fingerprint density at radius 2 is 2.04 bits per heavy atom. The molecule has 4 saturated carbocycles. The predicted molar refractivity (Wildman–Crippen MR) is 85.7 cm³/mol. The summed E-state index contributed by atoms with van der Waals surface area (Å²) in [4.78, 5) is 24.8. The molecule has 2 N–H and O–H groups in total. The van der Waals surface area contributed by atoms with Gasteiger partial charge in [-0.25, -0.2) is 4.68 Å². The molecule has 4 bridgehead atoms. The molecular weight excluding hydrogens is 318 g/mol. The average molecular weight is 338 g/mol. The van der Waals surface area contributed by atoms with Crippen molar-refractivity contribution in [2.45, 2.75) is 37.6 Å². The van der Waals surface area contributed by atoms with Gasteiger partial charge in [-0.2, -0.15) is 5.10 Å². The van der Waals surface area contributed by atoms with Crippen LogP contribution in [0.5, 0.6) is 0 Å². The van der Waals surface area contributed by atoms with Gasteiger partial charge in [0.1, 0.15) is 5.02 Å². The Bertz CT molecular complexity index is 718. The maximum Gasteiger partial charge on any atom is 0.309 e. The number of hydrogen-bond donors (Lipinski definition) is 2. The minimum atomic E-state index is -0.809. The van der Waals surface area contributed by atoms with Gasteiger partial charge in [0.15, 0.2) is 0 Å². The molecule has 1 aromatic rings. The Hall–Kier alpha value is -1.56. The van der Waals surface area contributed by atoms with Crippen molar-refractivity contribution in [1.29, 1.82) is 0 Å². The summed E-state index contributed by atoms with van der Waals surface area (Å²) >= 11 is 6.18. The molecule has 0 aromatic carbocycles. The minimum Gasteiger partial charge on any atom is -0.481 e. The topological polar surface area (TPSA) is 84.2 Å². The number of carboxylic acid groups (broad SMARTS) is 1. The van der Waals surface area contributed by atoms with Gasteiger partial charge in [-0.05, 0) is 49.9 Å². The first-order valence-corrected chi connectivity index (χ1v) is 8.53. The van der Waals surface area contributed by atoms with Crippen LogP contribution in [0, 0.1) is 23.7 Å². The molecule has 7 heteroatoms. The number of nitrogens with zero attached hydrogens (tertiary/aromatic N) is 2. The highest BCUT2D eigenvalue weighted by Crippen LogP contribution is 2.61. The highest BCUT2D eigenvalue weighted by Gasteiger charge is 2.61. The molecular formula is C16H20ClN3O3. The summed E-state index contributed by atoms with van der Waals surface area (Å²) in [5.74, 6) is -0.206. The molecule has 1 aromatic heterocycles. The fourth-order valence-electron chi connectivity index (χ4n) is 5.66. The number of halogens is 1. The van der Waals surface area contributed by atoms with E-state index < -0.39 is 17.4 Å². The van der Waals surface area contributed by atoms with Crippen molar-refractivity contribution in [2.24, 2.45) is 23.7 Å². The van der Waals surface area contributed by atoms with Crippen molar-refractivity contribution >= 4 is 23.3 Å². The van der Waals surface area contributed by atoms with Crippen molar-refractivity contribution in [3.63, 3.8) is 0 Å². The second-order valence-corrected chi connectivity index (χ2v) is 7.74. The van der Waals surface area contributed by atoms with E-state index in [0.29, 0.717) is 17.5 Å². The lowest BCUT2D eigenvalue weighted by Crippen LogP contribution is -2.63. The summed E-state index contributed by atoms with van der Waals surface area (Å²) in [5.41, 5.74) is -0.621. The maximum absolute atomic E-state index is 12.8. The first kappa shape index (κ1) is 15.0. The Balaban J connectivity index is 1.90. The Morgan fingerprint density at radius 1 is 1.39 bits per heavy atom. The normalized spacial score (nSPS) is 37.8. The number of aromatic nitrogens is 2. The van der Waals surface area contributed by atoms with Crippen molar-refractivity contribution < 1.29 is 9.90 Å². The van der Waals surface area contributed by atoms with Crippen LogP contribution in [0.15, 0.2) is 11.0 Å². The summed E-state index contributed by atoms with van der Waals surface area (Å²) in [6, 6.07) is 0. The SMILES string of the molecule is CNc1cnn(C23C[C@H]4CC(C[C@@H](C4)C2)[C@@H]3C(=O)O)c(=O)c1Cl. The zero-order chi connectivity index (χ0) is 16.4. The smallest absolute Gasteiger partial charge is 0.309 e. The molecule has 4 aliphatic carbocycles. The largest absolute Gasteiger partial charge is 0.481 e. The zero-order valence-corrected chi connectivity index (χ0v) is 13.7. The van der Waals surface area contributed by atoms with Crippen LogP contribution >= 0.6 is 11.6 Å². The van der Waals surface area contributed by atoms with Crippen LogP contribution < -0.4 is 10.9 Å². The van der Waals surface area contributed by atoms with Gasteiger partial charge in [0.2, 0.25) is 0 Å². The Morgan fingerprint density at radius 3 is 2.61 bits per heavy atom. The lowest BCUT2D eigenvalue weighted by atomic mass is 9.48. The second-order valence-electron chi connectivity index (χ2n) is 7.37. The molecule has 3 atom stereocenters. The van der Waals surface area contributed by atoms with Gasteiger partial charge in [0.05, 0.1) is 23.3 Å². The number of nitrogens with one attached hydrogen (secondary N) is 1. The van der Waals surface area contributed by atoms with Gasteiger partial charge in [0.25, 0.3) is 5.56 Å². The molecule has 0 unspecified atom stereocenters. The van der Waals surface area contributed by atoms with E-state index in [1.807, 2.05) is 0 Å². The van der Waals surface area contributed by atoms with Crippen LogP contribution in [0.2, 0.25) is 5.02 Å². The molecule has 23 heavy (non-hydrogen) atoms. The molecule has 4 aliphatic rings. The highest BCUT2D eigenvalue weighted by molar-refractivity contribution is 6.32. The van der Waals surface area contributed by atoms with Gasteiger partial charge in [-0.3, -0.25) is 9.59 Å². The molecule has 0 saturated heterocycles. The molecule has 0 amide bonds. The Kier molecular flexibility index (Phi) is 3.24. The number of carboxylic acids is 1. The summed E-state index contributed by atoms with van der Waals surface area (Å²) < 4.78 is 1.40. The molecule has 6 nitrogen and oxygen atoms in total. The van der Waals surface area contributed by atoms with Crippen LogP contribution in [-0.2, 0) is 10.3 Å². The minimum absolute atomic E-state index is 0.0855. The number of carbonyl (C=O) groups is 1. The van der Waals surface area contributed by atoms with Gasteiger partial charge >= 0.3 is 5.97 Å². The molecule has 124 valence electrons. The molecule has 1 heterocycles. The summed E-state index contributed by atoms with van der Waals surface area (Å²) in [6.07, 6.45) is 6.06. The van der Waals surface area contributed by atoms with E-state index in [1.54, 1.807) is 7.05 Å². The lowest BCUT2D eigenvalue weighted by Gasteiger charge is -2.59. The number of aliphatic carboxylic acids is 1. The summed E-state index contributed by atoms with van der Waals surface area (Å²) in [6.45, 7) is 0. The first-order chi connectivity index (χ1) is 11.0. The fourth-order valence-corrected chi connectivity index (χ4v) is 5.88. The van der Waals surface area contributed by atoms with Crippen molar-refractivity contribution in [1.82, 2.24) is 9.78 Å². The lowest BCUT2D eigenvalue weighted by molar-refractivity contribution is -0.168. The molecule has 0 radical (unpaired) electrons. The van der Waals surface area contributed by atoms with Gasteiger partial charge < -0.3 is 10.4 Å². The van der Waals surface area contributed by atoms with Crippen molar-refractivity contribution in [3.8, 4) is 0 Å². The quantitative estimate of drug-likeness (QED) is 0.883. The monoisotopic (exact) mass is 337 g/mol. The van der Waals surface area contributed by atoms with Crippen LogP contribution in [0.1, 0.15) is 32.1 Å². The van der Waals surface area contributed by atoms with E-state index in [9.17, 15) is 14.7 Å². The maximum atomic E-state index is 12.8. The molecule has 4 fully saturated rings. The average Bonchev–Trinajstić information content (AvgIpc) is 2.48. The molecule has 0 spiro atoms. The van der Waals surface area contributed by atoms with E-state index in [1.165, 1.54) is 10.9 Å². The van der Waals surface area contributed by atoms with Gasteiger partial charge in [-0.15, -0.1) is 0 Å². The van der Waals surface area contributed by atoms with E-state index in [4.69, 9.17) is 11.6 Å². The third-order valence-electron chi connectivity index (χ3n) is 6.15. The molecule has 0 aliphatic heterocycles. The van der Waals surface area contributed by atoms with Gasteiger partial charge in [0, 0.05) is 7.05 Å². The first-order valence-electron chi connectivity index (χ1n) is 8.15. The second kappa shape index (κ2) is 4.97. The van der Waals surface area contributed by atoms with E-state index in [0.717, 1.165) is 32.1 Å².